The summed E-state index contributed by atoms with van der Waals surface area (Å²) in [6.45, 7) is 2.73. The van der Waals surface area contributed by atoms with E-state index in [9.17, 15) is 4.79 Å². The van der Waals surface area contributed by atoms with Crippen LogP contribution in [-0.4, -0.2) is 21.9 Å². The largest absolute Gasteiger partial charge is 0.343 e. The molecule has 1 aromatic heterocycles. The van der Waals surface area contributed by atoms with Crippen LogP contribution in [0.15, 0.2) is 97.1 Å². The van der Waals surface area contributed by atoms with Crippen molar-refractivity contribution in [2.24, 2.45) is 7.05 Å². The average molecular weight is 491 g/mol. The molecule has 0 saturated heterocycles. The highest BCUT2D eigenvalue weighted by Gasteiger charge is 2.40. The smallest absolute Gasteiger partial charge is 0.255 e. The van der Waals surface area contributed by atoms with Gasteiger partial charge in [0.25, 0.3) is 5.91 Å². The number of halogens is 1. The second-order valence-electron chi connectivity index (χ2n) is 9.57. The molecule has 1 amide bonds. The SMILES string of the molecule is Cc1ccc(-c2c(C3c4ccccc4C(=O)N3CCc3ccc(Cl)cc3)c3ccccc3n2C)cc1. The first kappa shape index (κ1) is 22.6. The Morgan fingerprint density at radius 2 is 1.53 bits per heavy atom. The van der Waals surface area contributed by atoms with E-state index in [-0.39, 0.29) is 11.9 Å². The summed E-state index contributed by atoms with van der Waals surface area (Å²) in [6.07, 6.45) is 0.762. The molecule has 0 saturated carbocycles. The Morgan fingerprint density at radius 3 is 2.31 bits per heavy atom. The van der Waals surface area contributed by atoms with E-state index in [0.717, 1.165) is 39.3 Å². The molecule has 5 aromatic rings. The van der Waals surface area contributed by atoms with Gasteiger partial charge in [0.15, 0.2) is 0 Å². The number of aryl methyl sites for hydroxylation is 2. The van der Waals surface area contributed by atoms with Crippen LogP contribution in [0.4, 0.5) is 0 Å². The summed E-state index contributed by atoms with van der Waals surface area (Å²) in [5.41, 5.74) is 8.92. The molecule has 0 N–H and O–H groups in total. The van der Waals surface area contributed by atoms with Gasteiger partial charge in [0.1, 0.15) is 0 Å². The third kappa shape index (κ3) is 3.71. The number of rotatable bonds is 5. The summed E-state index contributed by atoms with van der Waals surface area (Å²) >= 11 is 6.10. The predicted octanol–water partition coefficient (Wildman–Crippen LogP) is 7.60. The number of hydrogen-bond donors (Lipinski definition) is 0. The maximum Gasteiger partial charge on any atom is 0.255 e. The second-order valence-corrected chi connectivity index (χ2v) is 10.0. The number of carbonyl (C=O) groups is 1. The van der Waals surface area contributed by atoms with Crippen molar-refractivity contribution in [1.29, 1.82) is 0 Å². The number of nitrogens with zero attached hydrogens (tertiary/aromatic N) is 2. The fraction of sp³-hybridized carbons (Fsp3) is 0.156. The van der Waals surface area contributed by atoms with E-state index in [2.05, 4.69) is 78.0 Å². The van der Waals surface area contributed by atoms with E-state index in [1.54, 1.807) is 0 Å². The Kier molecular flexibility index (Phi) is 5.66. The molecule has 0 aliphatic carbocycles. The molecule has 36 heavy (non-hydrogen) atoms. The summed E-state index contributed by atoms with van der Waals surface area (Å²) in [5, 5.41) is 1.90. The lowest BCUT2D eigenvalue weighted by Crippen LogP contribution is -2.31. The molecule has 0 fully saturated rings. The van der Waals surface area contributed by atoms with Crippen LogP contribution in [-0.2, 0) is 13.5 Å². The van der Waals surface area contributed by atoms with E-state index in [1.807, 2.05) is 42.5 Å². The molecule has 1 atom stereocenters. The lowest BCUT2D eigenvalue weighted by molar-refractivity contribution is 0.0753. The minimum absolute atomic E-state index is 0.0901. The number of amides is 1. The highest BCUT2D eigenvalue weighted by molar-refractivity contribution is 6.30. The van der Waals surface area contributed by atoms with Crippen molar-refractivity contribution in [3.05, 3.63) is 130 Å². The van der Waals surface area contributed by atoms with E-state index in [4.69, 9.17) is 11.6 Å². The van der Waals surface area contributed by atoms with Gasteiger partial charge < -0.3 is 9.47 Å². The quantitative estimate of drug-likeness (QED) is 0.249. The molecule has 178 valence electrons. The molecule has 4 heteroatoms. The van der Waals surface area contributed by atoms with E-state index < -0.39 is 0 Å². The van der Waals surface area contributed by atoms with Crippen molar-refractivity contribution >= 4 is 28.4 Å². The molecule has 1 aliphatic rings. The van der Waals surface area contributed by atoms with Crippen LogP contribution in [0.1, 0.15) is 38.7 Å². The zero-order valence-corrected chi connectivity index (χ0v) is 21.2. The Bertz CT molecular complexity index is 1580. The molecule has 0 bridgehead atoms. The van der Waals surface area contributed by atoms with Gasteiger partial charge in [-0.05, 0) is 54.3 Å². The normalized spacial score (nSPS) is 15.0. The van der Waals surface area contributed by atoms with Gasteiger partial charge in [-0.1, -0.05) is 90.0 Å². The highest BCUT2D eigenvalue weighted by Crippen LogP contribution is 2.46. The maximum absolute atomic E-state index is 13.8. The molecular weight excluding hydrogens is 464 g/mol. The first-order chi connectivity index (χ1) is 17.5. The monoisotopic (exact) mass is 490 g/mol. The summed E-state index contributed by atoms with van der Waals surface area (Å²) in [6, 6.07) is 33.0. The predicted molar refractivity (Wildman–Crippen MR) is 148 cm³/mol. The molecule has 2 heterocycles. The minimum Gasteiger partial charge on any atom is -0.343 e. The molecule has 4 aromatic carbocycles. The van der Waals surface area contributed by atoms with Gasteiger partial charge in [-0.25, -0.2) is 0 Å². The lowest BCUT2D eigenvalue weighted by Gasteiger charge is -2.27. The fourth-order valence-electron chi connectivity index (χ4n) is 5.57. The fourth-order valence-corrected chi connectivity index (χ4v) is 5.70. The lowest BCUT2D eigenvalue weighted by atomic mass is 9.93. The number of para-hydroxylation sites is 1. The van der Waals surface area contributed by atoms with Crippen molar-refractivity contribution in [2.45, 2.75) is 19.4 Å². The van der Waals surface area contributed by atoms with E-state index >= 15 is 0 Å². The Hall–Kier alpha value is -3.82. The van der Waals surface area contributed by atoms with Crippen LogP contribution >= 0.6 is 11.6 Å². The summed E-state index contributed by atoms with van der Waals surface area (Å²) in [4.78, 5) is 15.8. The summed E-state index contributed by atoms with van der Waals surface area (Å²) in [7, 11) is 2.13. The van der Waals surface area contributed by atoms with Crippen molar-refractivity contribution in [1.82, 2.24) is 9.47 Å². The first-order valence-electron chi connectivity index (χ1n) is 12.3. The van der Waals surface area contributed by atoms with Gasteiger partial charge in [-0.2, -0.15) is 0 Å². The summed E-state index contributed by atoms with van der Waals surface area (Å²) in [5.74, 6) is 0.0901. The zero-order valence-electron chi connectivity index (χ0n) is 20.4. The Balaban J connectivity index is 1.54. The number of carbonyl (C=O) groups excluding carboxylic acids is 1. The van der Waals surface area contributed by atoms with Crippen LogP contribution in [0.25, 0.3) is 22.2 Å². The molecule has 6 rings (SSSR count). The topological polar surface area (TPSA) is 25.2 Å². The molecule has 1 unspecified atom stereocenters. The Labute approximate surface area is 216 Å². The van der Waals surface area contributed by atoms with Gasteiger partial charge in [-0.15, -0.1) is 0 Å². The minimum atomic E-state index is -0.164. The first-order valence-corrected chi connectivity index (χ1v) is 12.7. The third-order valence-corrected chi connectivity index (χ3v) is 7.61. The summed E-state index contributed by atoms with van der Waals surface area (Å²) < 4.78 is 2.28. The van der Waals surface area contributed by atoms with Gasteiger partial charge in [-0.3, -0.25) is 4.79 Å². The van der Waals surface area contributed by atoms with Crippen LogP contribution in [0.3, 0.4) is 0 Å². The third-order valence-electron chi connectivity index (χ3n) is 7.36. The number of aromatic nitrogens is 1. The maximum atomic E-state index is 13.8. The van der Waals surface area contributed by atoms with Crippen LogP contribution in [0.2, 0.25) is 5.02 Å². The van der Waals surface area contributed by atoms with Gasteiger partial charge in [0.2, 0.25) is 0 Å². The van der Waals surface area contributed by atoms with Crippen molar-refractivity contribution in [3.8, 4) is 11.3 Å². The van der Waals surface area contributed by atoms with Gasteiger partial charge >= 0.3 is 0 Å². The number of hydrogen-bond acceptors (Lipinski definition) is 1. The standard InChI is InChI=1S/C32H27ClN2O/c1-21-11-15-23(16-12-21)30-29(27-9-5-6-10-28(27)34(30)2)31-25-7-3-4-8-26(25)32(36)35(31)20-19-22-13-17-24(33)18-14-22/h3-18,31H,19-20H2,1-2H3. The molecule has 1 aliphatic heterocycles. The van der Waals surface area contributed by atoms with Gasteiger partial charge in [0.05, 0.1) is 11.7 Å². The van der Waals surface area contributed by atoms with E-state index in [1.165, 1.54) is 22.1 Å². The molecular formula is C32H27ClN2O. The van der Waals surface area contributed by atoms with Crippen LogP contribution < -0.4 is 0 Å². The van der Waals surface area contributed by atoms with Crippen molar-refractivity contribution in [2.75, 3.05) is 6.54 Å². The molecule has 3 nitrogen and oxygen atoms in total. The highest BCUT2D eigenvalue weighted by atomic mass is 35.5. The average Bonchev–Trinajstić information content (AvgIpc) is 3.35. The van der Waals surface area contributed by atoms with Crippen molar-refractivity contribution < 1.29 is 4.79 Å². The number of benzene rings is 4. The van der Waals surface area contributed by atoms with Gasteiger partial charge in [0, 0.05) is 40.6 Å². The Morgan fingerprint density at radius 1 is 0.833 bits per heavy atom. The zero-order chi connectivity index (χ0) is 24.8. The van der Waals surface area contributed by atoms with E-state index in [0.29, 0.717) is 6.54 Å². The second kappa shape index (κ2) is 9.00. The molecule has 0 radical (unpaired) electrons. The van der Waals surface area contributed by atoms with Crippen LogP contribution in [0.5, 0.6) is 0 Å². The van der Waals surface area contributed by atoms with Crippen LogP contribution in [0, 0.1) is 6.92 Å². The molecule has 0 spiro atoms. The van der Waals surface area contributed by atoms with Crippen molar-refractivity contribution in [3.63, 3.8) is 0 Å². The number of fused-ring (bicyclic) bond motifs is 2.